The fraction of sp³-hybridized carbons (Fsp3) is 0.217. The van der Waals surface area contributed by atoms with Gasteiger partial charge in [0, 0.05) is 12.2 Å². The number of rotatable bonds is 8. The Labute approximate surface area is 169 Å². The number of anilines is 1. The molecule has 6 heteroatoms. The summed E-state index contributed by atoms with van der Waals surface area (Å²) in [4.78, 5) is 24.1. The molecule has 3 aromatic rings. The molecule has 29 heavy (non-hydrogen) atoms. The molecule has 0 aliphatic rings. The van der Waals surface area contributed by atoms with E-state index in [0.29, 0.717) is 18.8 Å². The maximum Gasteiger partial charge on any atom is 0.291 e. The first-order chi connectivity index (χ1) is 14.0. The highest BCUT2D eigenvalue weighted by Gasteiger charge is 2.09. The first-order valence-corrected chi connectivity index (χ1v) is 9.41. The molecule has 6 nitrogen and oxygen atoms in total. The Hall–Kier alpha value is -3.54. The lowest BCUT2D eigenvalue weighted by molar-refractivity contribution is -0.121. The minimum absolute atomic E-state index is 0.0978. The van der Waals surface area contributed by atoms with Crippen LogP contribution in [0.25, 0.3) is 0 Å². The van der Waals surface area contributed by atoms with Gasteiger partial charge in [-0.25, -0.2) is 0 Å². The Morgan fingerprint density at radius 2 is 1.79 bits per heavy atom. The van der Waals surface area contributed by atoms with Gasteiger partial charge in [0.25, 0.3) is 5.91 Å². The summed E-state index contributed by atoms with van der Waals surface area (Å²) in [5.74, 6) is 0.599. The van der Waals surface area contributed by atoms with Crippen molar-refractivity contribution in [2.24, 2.45) is 0 Å². The van der Waals surface area contributed by atoms with Gasteiger partial charge in [0.2, 0.25) is 5.91 Å². The summed E-state index contributed by atoms with van der Waals surface area (Å²) < 4.78 is 10.7. The molecule has 0 bridgehead atoms. The van der Waals surface area contributed by atoms with Gasteiger partial charge in [-0.3, -0.25) is 9.59 Å². The largest absolute Gasteiger partial charge is 0.493 e. The molecule has 1 heterocycles. The molecule has 0 aliphatic carbocycles. The third-order valence-electron chi connectivity index (χ3n) is 4.21. The van der Waals surface area contributed by atoms with E-state index in [4.69, 9.17) is 9.15 Å². The number of carbonyl (C=O) groups is 2. The van der Waals surface area contributed by atoms with Gasteiger partial charge in [-0.2, -0.15) is 0 Å². The van der Waals surface area contributed by atoms with Crippen LogP contribution in [0.3, 0.4) is 0 Å². The highest BCUT2D eigenvalue weighted by Crippen LogP contribution is 2.16. The summed E-state index contributed by atoms with van der Waals surface area (Å²) in [6, 6.07) is 16.5. The van der Waals surface area contributed by atoms with Crippen LogP contribution in [0, 0.1) is 13.8 Å². The molecule has 3 rings (SSSR count). The molecule has 150 valence electrons. The van der Waals surface area contributed by atoms with Gasteiger partial charge >= 0.3 is 0 Å². The highest BCUT2D eigenvalue weighted by molar-refractivity contribution is 6.02. The Bertz CT molecular complexity index is 960. The molecule has 0 saturated carbocycles. The number of benzene rings is 2. The summed E-state index contributed by atoms with van der Waals surface area (Å²) in [5, 5.41) is 5.63. The number of amides is 2. The number of ether oxygens (including phenoxy) is 1. The van der Waals surface area contributed by atoms with Crippen LogP contribution in [0.1, 0.15) is 33.7 Å². The Kier molecular flexibility index (Phi) is 6.68. The molecule has 0 unspecified atom stereocenters. The number of nitrogens with one attached hydrogen (secondary N) is 2. The van der Waals surface area contributed by atoms with Crippen molar-refractivity contribution in [3.8, 4) is 5.75 Å². The maximum absolute atomic E-state index is 12.1. The van der Waals surface area contributed by atoms with Gasteiger partial charge in [0.15, 0.2) is 5.76 Å². The van der Waals surface area contributed by atoms with Crippen LogP contribution < -0.4 is 15.4 Å². The summed E-state index contributed by atoms with van der Waals surface area (Å²) in [6.45, 7) is 4.70. The van der Waals surface area contributed by atoms with Crippen molar-refractivity contribution in [3.05, 3.63) is 83.3 Å². The number of aryl methyl sites for hydroxylation is 2. The molecular weight excluding hydrogens is 368 g/mol. The molecule has 2 N–H and O–H groups in total. The van der Waals surface area contributed by atoms with Gasteiger partial charge in [0.05, 0.1) is 19.3 Å². The van der Waals surface area contributed by atoms with E-state index < -0.39 is 0 Å². The summed E-state index contributed by atoms with van der Waals surface area (Å²) in [6.07, 6.45) is 1.71. The average molecular weight is 392 g/mol. The second kappa shape index (κ2) is 9.59. The van der Waals surface area contributed by atoms with E-state index in [1.807, 2.05) is 44.2 Å². The zero-order chi connectivity index (χ0) is 20.6. The Balaban J connectivity index is 1.44. The maximum atomic E-state index is 12.1. The van der Waals surface area contributed by atoms with Crippen molar-refractivity contribution in [2.75, 3.05) is 11.9 Å². The molecule has 0 spiro atoms. The van der Waals surface area contributed by atoms with Crippen molar-refractivity contribution in [1.82, 2.24) is 5.32 Å². The van der Waals surface area contributed by atoms with Crippen LogP contribution in [0.2, 0.25) is 0 Å². The SMILES string of the molecule is Cc1cc(C)cc(OCCC(=O)NCc2cccc(NC(=O)c3ccco3)c2)c1. The predicted octanol–water partition coefficient (Wildman–Crippen LogP) is 4.23. The molecular formula is C23H24N2O4. The van der Waals surface area contributed by atoms with E-state index in [9.17, 15) is 9.59 Å². The van der Waals surface area contributed by atoms with E-state index in [1.165, 1.54) is 6.26 Å². The number of furan rings is 1. The van der Waals surface area contributed by atoms with Crippen molar-refractivity contribution < 1.29 is 18.7 Å². The van der Waals surface area contributed by atoms with Crippen LogP contribution in [0.5, 0.6) is 5.75 Å². The van der Waals surface area contributed by atoms with Crippen molar-refractivity contribution in [2.45, 2.75) is 26.8 Å². The summed E-state index contributed by atoms with van der Waals surface area (Å²) >= 11 is 0. The van der Waals surface area contributed by atoms with E-state index >= 15 is 0 Å². The topological polar surface area (TPSA) is 80.6 Å². The number of hydrogen-bond acceptors (Lipinski definition) is 4. The summed E-state index contributed by atoms with van der Waals surface area (Å²) in [5.41, 5.74) is 3.77. The molecule has 2 amide bonds. The molecule has 0 saturated heterocycles. The second-order valence-corrected chi connectivity index (χ2v) is 6.83. The van der Waals surface area contributed by atoms with E-state index in [1.54, 1.807) is 18.2 Å². The first-order valence-electron chi connectivity index (χ1n) is 9.41. The lowest BCUT2D eigenvalue weighted by Gasteiger charge is -2.10. The van der Waals surface area contributed by atoms with Gasteiger partial charge in [0.1, 0.15) is 5.75 Å². The first kappa shape index (κ1) is 20.2. The van der Waals surface area contributed by atoms with Gasteiger partial charge in [-0.15, -0.1) is 0 Å². The van der Waals surface area contributed by atoms with Gasteiger partial charge < -0.3 is 19.8 Å². The van der Waals surface area contributed by atoms with E-state index in [-0.39, 0.29) is 24.0 Å². The van der Waals surface area contributed by atoms with Gasteiger partial charge in [-0.05, 0) is 66.9 Å². The molecule has 0 fully saturated rings. The van der Waals surface area contributed by atoms with Crippen LogP contribution in [-0.2, 0) is 11.3 Å². The standard InChI is InChI=1S/C23H24N2O4/c1-16-11-17(2)13-20(12-16)28-10-8-22(26)24-15-18-5-3-6-19(14-18)25-23(27)21-7-4-9-29-21/h3-7,9,11-14H,8,10,15H2,1-2H3,(H,24,26)(H,25,27). The van der Waals surface area contributed by atoms with Crippen LogP contribution >= 0.6 is 0 Å². The van der Waals surface area contributed by atoms with Crippen molar-refractivity contribution in [1.29, 1.82) is 0 Å². The third kappa shape index (κ3) is 6.24. The van der Waals surface area contributed by atoms with Crippen molar-refractivity contribution >= 4 is 17.5 Å². The Morgan fingerprint density at radius 3 is 2.52 bits per heavy atom. The molecule has 0 radical (unpaired) electrons. The molecule has 0 atom stereocenters. The smallest absolute Gasteiger partial charge is 0.291 e. The number of hydrogen-bond donors (Lipinski definition) is 2. The zero-order valence-electron chi connectivity index (χ0n) is 16.5. The monoisotopic (exact) mass is 392 g/mol. The normalized spacial score (nSPS) is 10.4. The van der Waals surface area contributed by atoms with Crippen molar-refractivity contribution in [3.63, 3.8) is 0 Å². The lowest BCUT2D eigenvalue weighted by Crippen LogP contribution is -2.24. The highest BCUT2D eigenvalue weighted by atomic mass is 16.5. The number of carbonyl (C=O) groups excluding carboxylic acids is 2. The predicted molar refractivity (Wildman–Crippen MR) is 111 cm³/mol. The minimum Gasteiger partial charge on any atom is -0.493 e. The van der Waals surface area contributed by atoms with Crippen LogP contribution in [-0.4, -0.2) is 18.4 Å². The average Bonchev–Trinajstić information content (AvgIpc) is 3.21. The zero-order valence-corrected chi connectivity index (χ0v) is 16.5. The fourth-order valence-electron chi connectivity index (χ4n) is 2.93. The lowest BCUT2D eigenvalue weighted by atomic mass is 10.1. The molecule has 2 aromatic carbocycles. The second-order valence-electron chi connectivity index (χ2n) is 6.83. The van der Waals surface area contributed by atoms with Crippen LogP contribution in [0.15, 0.2) is 65.3 Å². The van der Waals surface area contributed by atoms with E-state index in [2.05, 4.69) is 16.7 Å². The minimum atomic E-state index is -0.320. The summed E-state index contributed by atoms with van der Waals surface area (Å²) in [7, 11) is 0. The molecule has 0 aliphatic heterocycles. The quantitative estimate of drug-likeness (QED) is 0.601. The fourth-order valence-corrected chi connectivity index (χ4v) is 2.93. The Morgan fingerprint density at radius 1 is 1.00 bits per heavy atom. The van der Waals surface area contributed by atoms with E-state index in [0.717, 1.165) is 22.4 Å². The van der Waals surface area contributed by atoms with Gasteiger partial charge in [-0.1, -0.05) is 18.2 Å². The third-order valence-corrected chi connectivity index (χ3v) is 4.21. The molecule has 1 aromatic heterocycles. The van der Waals surface area contributed by atoms with Crippen LogP contribution in [0.4, 0.5) is 5.69 Å².